The largest absolute Gasteiger partial charge is 0.463 e. The Bertz CT molecular complexity index is 741. The van der Waals surface area contributed by atoms with Crippen LogP contribution in [0.2, 0.25) is 0 Å². The molecule has 3 rings (SSSR count). The Morgan fingerprint density at radius 3 is 2.30 bits per heavy atom. The van der Waals surface area contributed by atoms with Crippen LogP contribution < -0.4 is 0 Å². The Morgan fingerprint density at radius 1 is 0.900 bits per heavy atom. The summed E-state index contributed by atoms with van der Waals surface area (Å²) in [5.41, 5.74) is 4.22. The maximum atomic E-state index is 5.59. The second kappa shape index (κ2) is 5.51. The highest BCUT2D eigenvalue weighted by Gasteiger charge is 2.13. The van der Waals surface area contributed by atoms with Crippen molar-refractivity contribution in [1.82, 2.24) is 0 Å². The average Bonchev–Trinajstić information content (AvgIpc) is 2.93. The Balaban J connectivity index is 2.12. The van der Waals surface area contributed by atoms with E-state index in [1.165, 1.54) is 0 Å². The number of hydrogen-bond acceptors (Lipinski definition) is 1. The van der Waals surface area contributed by atoms with Gasteiger partial charge < -0.3 is 4.42 Å². The predicted molar refractivity (Wildman–Crippen MR) is 86.4 cm³/mol. The van der Waals surface area contributed by atoms with E-state index in [0.29, 0.717) is 0 Å². The fourth-order valence-corrected chi connectivity index (χ4v) is 2.64. The fourth-order valence-electron chi connectivity index (χ4n) is 2.23. The van der Waals surface area contributed by atoms with Gasteiger partial charge in [0, 0.05) is 5.56 Å². The average molecular weight is 325 g/mol. The summed E-state index contributed by atoms with van der Waals surface area (Å²) >= 11 is 3.52. The van der Waals surface area contributed by atoms with Gasteiger partial charge >= 0.3 is 0 Å². The number of benzene rings is 2. The van der Waals surface area contributed by atoms with Crippen molar-refractivity contribution in [2.45, 2.75) is 0 Å². The number of hydrogen-bond donors (Lipinski definition) is 0. The first-order chi connectivity index (χ1) is 9.77. The van der Waals surface area contributed by atoms with E-state index in [2.05, 4.69) is 40.7 Å². The molecule has 2 heteroatoms. The first-order valence-corrected chi connectivity index (χ1v) is 7.14. The van der Waals surface area contributed by atoms with E-state index in [-0.39, 0.29) is 0 Å². The van der Waals surface area contributed by atoms with Crippen LogP contribution >= 0.6 is 15.9 Å². The van der Waals surface area contributed by atoms with Crippen molar-refractivity contribution < 1.29 is 4.42 Å². The SMILES string of the molecule is C=C(c1ccccc1)c1ccccc1-c1occc1Br. The van der Waals surface area contributed by atoms with E-state index < -0.39 is 0 Å². The minimum atomic E-state index is 0.831. The molecule has 0 aliphatic rings. The van der Waals surface area contributed by atoms with Crippen molar-refractivity contribution in [1.29, 1.82) is 0 Å². The van der Waals surface area contributed by atoms with Crippen LogP contribution in [-0.2, 0) is 0 Å². The third-order valence-corrected chi connectivity index (χ3v) is 3.86. The van der Waals surface area contributed by atoms with Crippen LogP contribution in [0.25, 0.3) is 16.9 Å². The zero-order valence-electron chi connectivity index (χ0n) is 10.8. The van der Waals surface area contributed by atoms with Gasteiger partial charge in [-0.15, -0.1) is 0 Å². The third-order valence-electron chi connectivity index (χ3n) is 3.24. The Labute approximate surface area is 126 Å². The molecule has 1 nitrogen and oxygen atoms in total. The summed E-state index contributed by atoms with van der Waals surface area (Å²) in [6.45, 7) is 4.24. The van der Waals surface area contributed by atoms with Crippen molar-refractivity contribution in [3.8, 4) is 11.3 Å². The molecule has 0 atom stereocenters. The van der Waals surface area contributed by atoms with Gasteiger partial charge in [0.2, 0.25) is 0 Å². The molecule has 0 fully saturated rings. The van der Waals surface area contributed by atoms with Crippen molar-refractivity contribution >= 4 is 21.5 Å². The van der Waals surface area contributed by atoms with Crippen LogP contribution in [0.4, 0.5) is 0 Å². The van der Waals surface area contributed by atoms with Gasteiger partial charge in [0.1, 0.15) is 5.76 Å². The van der Waals surface area contributed by atoms with Gasteiger partial charge in [-0.1, -0.05) is 61.2 Å². The molecular weight excluding hydrogens is 312 g/mol. The van der Waals surface area contributed by atoms with Crippen LogP contribution in [0.15, 0.2) is 82.4 Å². The number of halogens is 1. The van der Waals surface area contributed by atoms with E-state index in [9.17, 15) is 0 Å². The number of rotatable bonds is 3. The summed E-state index contributed by atoms with van der Waals surface area (Å²) in [6.07, 6.45) is 1.68. The molecule has 0 amide bonds. The molecule has 3 aromatic rings. The van der Waals surface area contributed by atoms with Gasteiger partial charge in [0.15, 0.2) is 0 Å². The summed E-state index contributed by atoms with van der Waals surface area (Å²) in [6, 6.07) is 20.2. The smallest absolute Gasteiger partial charge is 0.148 e. The standard InChI is InChI=1S/C18H13BrO/c1-13(14-7-3-2-4-8-14)15-9-5-6-10-16(15)18-17(19)11-12-20-18/h2-12H,1H2. The molecule has 0 aliphatic heterocycles. The molecule has 98 valence electrons. The van der Waals surface area contributed by atoms with Gasteiger partial charge in [0.25, 0.3) is 0 Å². The van der Waals surface area contributed by atoms with Gasteiger partial charge in [0.05, 0.1) is 10.7 Å². The Hall–Kier alpha value is -2.06. The molecule has 0 spiro atoms. The van der Waals surface area contributed by atoms with Crippen molar-refractivity contribution in [3.05, 3.63) is 89.1 Å². The highest BCUT2D eigenvalue weighted by Crippen LogP contribution is 2.35. The van der Waals surface area contributed by atoms with Crippen LogP contribution in [0.5, 0.6) is 0 Å². The lowest BCUT2D eigenvalue weighted by atomic mass is 9.94. The monoisotopic (exact) mass is 324 g/mol. The maximum absolute atomic E-state index is 5.59. The predicted octanol–water partition coefficient (Wildman–Crippen LogP) is 5.77. The quantitative estimate of drug-likeness (QED) is 0.596. The minimum Gasteiger partial charge on any atom is -0.463 e. The highest BCUT2D eigenvalue weighted by atomic mass is 79.9. The molecule has 0 saturated carbocycles. The summed E-state index contributed by atoms with van der Waals surface area (Å²) < 4.78 is 6.54. The summed E-state index contributed by atoms with van der Waals surface area (Å²) in [5.74, 6) is 0.831. The maximum Gasteiger partial charge on any atom is 0.148 e. The minimum absolute atomic E-state index is 0.831. The van der Waals surface area contributed by atoms with E-state index in [1.54, 1.807) is 6.26 Å². The van der Waals surface area contributed by atoms with Gasteiger partial charge in [-0.25, -0.2) is 0 Å². The van der Waals surface area contributed by atoms with Crippen LogP contribution in [0.1, 0.15) is 11.1 Å². The van der Waals surface area contributed by atoms with Crippen LogP contribution in [0, 0.1) is 0 Å². The van der Waals surface area contributed by atoms with Crippen LogP contribution in [0.3, 0.4) is 0 Å². The zero-order chi connectivity index (χ0) is 13.9. The summed E-state index contributed by atoms with van der Waals surface area (Å²) in [5, 5.41) is 0. The lowest BCUT2D eigenvalue weighted by molar-refractivity contribution is 0.581. The Kier molecular flexibility index (Phi) is 3.57. The van der Waals surface area contributed by atoms with E-state index in [4.69, 9.17) is 4.42 Å². The van der Waals surface area contributed by atoms with Gasteiger partial charge in [-0.2, -0.15) is 0 Å². The van der Waals surface area contributed by atoms with Crippen molar-refractivity contribution in [3.63, 3.8) is 0 Å². The molecule has 20 heavy (non-hydrogen) atoms. The molecule has 1 aromatic heterocycles. The van der Waals surface area contributed by atoms with E-state index in [1.807, 2.05) is 42.5 Å². The number of furan rings is 1. The molecule has 2 aromatic carbocycles. The van der Waals surface area contributed by atoms with Crippen molar-refractivity contribution in [2.75, 3.05) is 0 Å². The molecule has 0 radical (unpaired) electrons. The molecule has 1 heterocycles. The second-order valence-corrected chi connectivity index (χ2v) is 5.34. The first-order valence-electron chi connectivity index (χ1n) is 6.34. The highest BCUT2D eigenvalue weighted by molar-refractivity contribution is 9.10. The van der Waals surface area contributed by atoms with Gasteiger partial charge in [-0.3, -0.25) is 0 Å². The van der Waals surface area contributed by atoms with Crippen LogP contribution in [-0.4, -0.2) is 0 Å². The second-order valence-electron chi connectivity index (χ2n) is 4.49. The molecule has 0 saturated heterocycles. The summed E-state index contributed by atoms with van der Waals surface area (Å²) in [7, 11) is 0. The molecule has 0 bridgehead atoms. The third kappa shape index (κ3) is 2.35. The normalized spacial score (nSPS) is 10.4. The lowest BCUT2D eigenvalue weighted by Crippen LogP contribution is -1.90. The van der Waals surface area contributed by atoms with Gasteiger partial charge in [-0.05, 0) is 38.7 Å². The Morgan fingerprint density at radius 2 is 1.60 bits per heavy atom. The van der Waals surface area contributed by atoms with Crippen molar-refractivity contribution in [2.24, 2.45) is 0 Å². The lowest BCUT2D eigenvalue weighted by Gasteiger charge is -2.11. The summed E-state index contributed by atoms with van der Waals surface area (Å²) in [4.78, 5) is 0. The molecule has 0 N–H and O–H groups in total. The van der Waals surface area contributed by atoms with E-state index in [0.717, 1.165) is 32.5 Å². The van der Waals surface area contributed by atoms with E-state index >= 15 is 0 Å². The molecular formula is C18H13BrO. The molecule has 0 aliphatic carbocycles. The zero-order valence-corrected chi connectivity index (χ0v) is 12.4. The first kappa shape index (κ1) is 12.9. The topological polar surface area (TPSA) is 13.1 Å². The molecule has 0 unspecified atom stereocenters. The fraction of sp³-hybridized carbons (Fsp3) is 0.